The molecule has 0 bridgehead atoms. The number of aromatic nitrogens is 1. The van der Waals surface area contributed by atoms with Crippen LogP contribution < -0.4 is 5.84 Å². The molecule has 0 saturated heterocycles. The zero-order valence-corrected chi connectivity index (χ0v) is 10.3. The van der Waals surface area contributed by atoms with E-state index in [9.17, 15) is 0 Å². The van der Waals surface area contributed by atoms with E-state index in [-0.39, 0.29) is 0 Å². The summed E-state index contributed by atoms with van der Waals surface area (Å²) in [5, 5.41) is 2.56. The fourth-order valence-electron chi connectivity index (χ4n) is 1.27. The fourth-order valence-corrected chi connectivity index (χ4v) is 2.34. The van der Waals surface area contributed by atoms with Crippen LogP contribution in [-0.4, -0.2) is 15.9 Å². The van der Waals surface area contributed by atoms with Crippen molar-refractivity contribution in [1.29, 1.82) is 0 Å². The number of hydrazone groups is 1. The number of pyridine rings is 1. The van der Waals surface area contributed by atoms with Crippen LogP contribution in [-0.2, 0) is 0 Å². The summed E-state index contributed by atoms with van der Waals surface area (Å²) in [7, 11) is 0. The maximum absolute atomic E-state index is 6.00. The Hall–Kier alpha value is -1.39. The van der Waals surface area contributed by atoms with Gasteiger partial charge in [-0.15, -0.1) is 16.0 Å². The van der Waals surface area contributed by atoms with Gasteiger partial charge in [0.1, 0.15) is 17.4 Å². The van der Waals surface area contributed by atoms with Gasteiger partial charge in [0.05, 0.1) is 4.88 Å². The van der Waals surface area contributed by atoms with Crippen LogP contribution in [0.25, 0.3) is 0 Å². The van der Waals surface area contributed by atoms with E-state index in [2.05, 4.69) is 4.98 Å². The van der Waals surface area contributed by atoms with Crippen LogP contribution in [0.4, 0.5) is 5.82 Å². The second kappa shape index (κ2) is 4.63. The lowest BCUT2D eigenvalue weighted by Crippen LogP contribution is -2.17. The Morgan fingerprint density at radius 1 is 1.50 bits per heavy atom. The molecule has 0 radical (unpaired) electrons. The minimum atomic E-state index is 0.537. The summed E-state index contributed by atoms with van der Waals surface area (Å²) >= 11 is 7.63. The molecule has 82 valence electrons. The number of hydrazine groups is 1. The number of halogens is 1. The van der Waals surface area contributed by atoms with Crippen LogP contribution in [0.15, 0.2) is 29.8 Å². The molecule has 16 heavy (non-hydrogen) atoms. The van der Waals surface area contributed by atoms with Crippen molar-refractivity contribution in [3.63, 3.8) is 0 Å². The summed E-state index contributed by atoms with van der Waals surface area (Å²) in [6.07, 6.45) is 3.49. The van der Waals surface area contributed by atoms with Crippen molar-refractivity contribution in [1.82, 2.24) is 4.98 Å². The summed E-state index contributed by atoms with van der Waals surface area (Å²) in [5.41, 5.74) is 1.19. The van der Waals surface area contributed by atoms with E-state index in [1.54, 1.807) is 29.7 Å². The van der Waals surface area contributed by atoms with Gasteiger partial charge >= 0.3 is 5.82 Å². The molecule has 0 aromatic carbocycles. The zero-order chi connectivity index (χ0) is 11.5. The first-order valence-corrected chi connectivity index (χ1v) is 5.97. The molecule has 5 heteroatoms. The Balaban J connectivity index is 2.40. The molecule has 2 aromatic rings. The monoisotopic (exact) mass is 252 g/mol. The molecule has 0 amide bonds. The number of aryl methyl sites for hydroxylation is 1. The van der Waals surface area contributed by atoms with Gasteiger partial charge in [0.2, 0.25) is 0 Å². The smallest absolute Gasteiger partial charge is 0.269 e. The number of nitrogens with two attached hydrogens (primary N) is 1. The second-order valence-corrected chi connectivity index (χ2v) is 4.67. The average molecular weight is 253 g/mol. The highest BCUT2D eigenvalue weighted by molar-refractivity contribution is 7.11. The van der Waals surface area contributed by atoms with Crippen molar-refractivity contribution in [2.24, 2.45) is 5.84 Å². The molecule has 0 fully saturated rings. The standard InChI is InChI=1S/C11H11ClN3S/c1-8-4-6-16-10(8)7-15(13)11-9(12)3-2-5-14-11/h2-7H,13H2,1H3/q+1. The summed E-state index contributed by atoms with van der Waals surface area (Å²) in [6, 6.07) is 5.58. The van der Waals surface area contributed by atoms with E-state index >= 15 is 0 Å². The Morgan fingerprint density at radius 2 is 2.31 bits per heavy atom. The van der Waals surface area contributed by atoms with E-state index in [1.807, 2.05) is 24.6 Å². The van der Waals surface area contributed by atoms with Crippen LogP contribution in [0.3, 0.4) is 0 Å². The molecule has 0 aliphatic carbocycles. The van der Waals surface area contributed by atoms with Crippen molar-refractivity contribution < 1.29 is 4.68 Å². The Kier molecular flexibility index (Phi) is 3.22. The summed E-state index contributed by atoms with van der Waals surface area (Å²) in [5.74, 6) is 6.45. The normalized spacial score (nSPS) is 11.8. The lowest BCUT2D eigenvalue weighted by molar-refractivity contribution is -0.450. The van der Waals surface area contributed by atoms with E-state index in [4.69, 9.17) is 17.4 Å². The van der Waals surface area contributed by atoms with Gasteiger partial charge in [0.25, 0.3) is 0 Å². The van der Waals surface area contributed by atoms with Gasteiger partial charge in [-0.05, 0) is 41.1 Å². The maximum atomic E-state index is 6.00. The summed E-state index contributed by atoms with van der Waals surface area (Å²) < 4.78 is 1.45. The van der Waals surface area contributed by atoms with E-state index in [0.717, 1.165) is 4.88 Å². The van der Waals surface area contributed by atoms with Crippen LogP contribution in [0.5, 0.6) is 0 Å². The average Bonchev–Trinajstić information content (AvgIpc) is 2.65. The molecule has 2 N–H and O–H groups in total. The first-order chi connectivity index (χ1) is 7.68. The number of rotatable bonds is 2. The van der Waals surface area contributed by atoms with Gasteiger partial charge in [-0.1, -0.05) is 11.6 Å². The zero-order valence-electron chi connectivity index (χ0n) is 8.72. The number of hydrogen-bond donors (Lipinski definition) is 1. The van der Waals surface area contributed by atoms with Crippen LogP contribution in [0.2, 0.25) is 5.02 Å². The molecule has 0 atom stereocenters. The highest BCUT2D eigenvalue weighted by atomic mass is 35.5. The fraction of sp³-hybridized carbons (Fsp3) is 0.0909. The maximum Gasteiger partial charge on any atom is 0.364 e. The summed E-state index contributed by atoms with van der Waals surface area (Å²) in [6.45, 7) is 2.04. The van der Waals surface area contributed by atoms with Crippen molar-refractivity contribution in [2.75, 3.05) is 0 Å². The van der Waals surface area contributed by atoms with Crippen molar-refractivity contribution in [2.45, 2.75) is 6.92 Å². The summed E-state index contributed by atoms with van der Waals surface area (Å²) in [4.78, 5) is 5.23. The molecular weight excluding hydrogens is 242 g/mol. The Labute approximate surface area is 103 Å². The molecule has 3 nitrogen and oxygen atoms in total. The van der Waals surface area contributed by atoms with Crippen molar-refractivity contribution >= 4 is 35.0 Å². The van der Waals surface area contributed by atoms with Gasteiger partial charge in [-0.3, -0.25) is 5.84 Å². The minimum Gasteiger partial charge on any atom is -0.269 e. The third kappa shape index (κ3) is 2.23. The molecule has 2 heterocycles. The van der Waals surface area contributed by atoms with Crippen LogP contribution in [0.1, 0.15) is 10.4 Å². The highest BCUT2D eigenvalue weighted by Gasteiger charge is 2.12. The Morgan fingerprint density at radius 3 is 2.94 bits per heavy atom. The minimum absolute atomic E-state index is 0.537. The van der Waals surface area contributed by atoms with Gasteiger partial charge in [-0.25, -0.2) is 0 Å². The number of hydrogen-bond acceptors (Lipinski definition) is 3. The van der Waals surface area contributed by atoms with Crippen LogP contribution in [0, 0.1) is 6.92 Å². The topological polar surface area (TPSA) is 41.9 Å². The SMILES string of the molecule is Cc1ccsc1C=[N+](N)c1ncccc1Cl. The van der Waals surface area contributed by atoms with Crippen molar-refractivity contribution in [3.8, 4) is 0 Å². The molecular formula is C11H11ClN3S+. The van der Waals surface area contributed by atoms with E-state index in [0.29, 0.717) is 10.8 Å². The molecule has 0 aliphatic heterocycles. The van der Waals surface area contributed by atoms with Gasteiger partial charge in [0.15, 0.2) is 0 Å². The molecule has 0 saturated carbocycles. The number of thiophene rings is 1. The highest BCUT2D eigenvalue weighted by Crippen LogP contribution is 2.19. The van der Waals surface area contributed by atoms with E-state index in [1.165, 1.54) is 10.2 Å². The molecule has 0 unspecified atom stereocenters. The first-order valence-electron chi connectivity index (χ1n) is 4.72. The predicted octanol–water partition coefficient (Wildman–Crippen LogP) is 2.74. The molecule has 2 rings (SSSR count). The lowest BCUT2D eigenvalue weighted by Gasteiger charge is -1.96. The molecule has 0 spiro atoms. The van der Waals surface area contributed by atoms with Gasteiger partial charge in [0, 0.05) is 0 Å². The predicted molar refractivity (Wildman–Crippen MR) is 67.6 cm³/mol. The molecule has 2 aromatic heterocycles. The largest absolute Gasteiger partial charge is 0.364 e. The van der Waals surface area contributed by atoms with Gasteiger partial charge in [-0.2, -0.15) is 0 Å². The lowest BCUT2D eigenvalue weighted by atomic mass is 10.3. The Bertz CT molecular complexity index is 534. The van der Waals surface area contributed by atoms with E-state index < -0.39 is 0 Å². The number of nitrogens with zero attached hydrogens (tertiary/aromatic N) is 2. The van der Waals surface area contributed by atoms with Crippen molar-refractivity contribution in [3.05, 3.63) is 45.2 Å². The second-order valence-electron chi connectivity index (χ2n) is 3.31. The quantitative estimate of drug-likeness (QED) is 0.387. The van der Waals surface area contributed by atoms with Gasteiger partial charge < -0.3 is 0 Å². The third-order valence-corrected chi connectivity index (χ3v) is 3.39. The van der Waals surface area contributed by atoms with Crippen LogP contribution >= 0.6 is 22.9 Å². The third-order valence-electron chi connectivity index (χ3n) is 2.14. The molecule has 0 aliphatic rings. The first kappa shape index (κ1) is 11.1.